The molecule has 1 amide bonds. The van der Waals surface area contributed by atoms with Crippen LogP contribution < -0.4 is 4.80 Å². The van der Waals surface area contributed by atoms with Crippen LogP contribution in [0.3, 0.4) is 0 Å². The molecule has 1 fully saturated rings. The molecule has 2 aromatic carbocycles. The van der Waals surface area contributed by atoms with E-state index in [4.69, 9.17) is 0 Å². The molecule has 3 aromatic rings. The highest BCUT2D eigenvalue weighted by molar-refractivity contribution is 7.89. The molecule has 6 nitrogen and oxygen atoms in total. The van der Waals surface area contributed by atoms with Crippen molar-refractivity contribution in [2.75, 3.05) is 7.05 Å². The average molecular weight is 470 g/mol. The minimum atomic E-state index is -3.58. The van der Waals surface area contributed by atoms with Crippen LogP contribution in [0.25, 0.3) is 10.2 Å². The number of carbonyl (C=O) groups excluding carboxylic acids is 1. The summed E-state index contributed by atoms with van der Waals surface area (Å²) in [6, 6.07) is 12.2. The van der Waals surface area contributed by atoms with Crippen molar-refractivity contribution in [3.63, 3.8) is 0 Å². The molecule has 1 aromatic heterocycles. The number of carbonyl (C=O) groups is 1. The van der Waals surface area contributed by atoms with Crippen LogP contribution >= 0.6 is 11.3 Å². The minimum Gasteiger partial charge on any atom is -0.312 e. The Morgan fingerprint density at radius 2 is 1.91 bits per heavy atom. The Morgan fingerprint density at radius 3 is 2.56 bits per heavy atom. The molecule has 0 atom stereocenters. The van der Waals surface area contributed by atoms with E-state index in [1.807, 2.05) is 23.6 Å². The Kier molecular flexibility index (Phi) is 6.46. The molecule has 1 heterocycles. The summed E-state index contributed by atoms with van der Waals surface area (Å²) in [7, 11) is -1.94. The van der Waals surface area contributed by atoms with Gasteiger partial charge in [0.05, 0.1) is 15.1 Å². The number of rotatable bonds is 6. The third-order valence-electron chi connectivity index (χ3n) is 5.96. The summed E-state index contributed by atoms with van der Waals surface area (Å²) >= 11 is 1.45. The number of sulfonamides is 1. The van der Waals surface area contributed by atoms with Crippen LogP contribution in [0, 0.1) is 6.92 Å². The molecule has 0 spiro atoms. The first kappa shape index (κ1) is 22.6. The zero-order valence-corrected chi connectivity index (χ0v) is 20.0. The van der Waals surface area contributed by atoms with Gasteiger partial charge in [0.25, 0.3) is 5.91 Å². The van der Waals surface area contributed by atoms with Gasteiger partial charge < -0.3 is 4.57 Å². The maximum Gasteiger partial charge on any atom is 0.279 e. The van der Waals surface area contributed by atoms with E-state index in [-0.39, 0.29) is 10.9 Å². The van der Waals surface area contributed by atoms with Gasteiger partial charge in [0.15, 0.2) is 4.80 Å². The maximum absolute atomic E-state index is 12.9. The van der Waals surface area contributed by atoms with Crippen molar-refractivity contribution in [3.05, 3.63) is 71.0 Å². The molecule has 0 radical (unpaired) electrons. The Labute approximate surface area is 192 Å². The van der Waals surface area contributed by atoms with Gasteiger partial charge in [0.2, 0.25) is 10.0 Å². The van der Waals surface area contributed by atoms with Gasteiger partial charge >= 0.3 is 0 Å². The predicted octanol–water partition coefficient (Wildman–Crippen LogP) is 4.50. The van der Waals surface area contributed by atoms with E-state index >= 15 is 0 Å². The van der Waals surface area contributed by atoms with Gasteiger partial charge in [0.1, 0.15) is 0 Å². The summed E-state index contributed by atoms with van der Waals surface area (Å²) < 4.78 is 30.4. The van der Waals surface area contributed by atoms with Gasteiger partial charge in [-0.05, 0) is 61.7 Å². The molecule has 4 rings (SSSR count). The van der Waals surface area contributed by atoms with Crippen LogP contribution in [-0.2, 0) is 16.6 Å². The number of fused-ring (bicyclic) bond motifs is 1. The van der Waals surface area contributed by atoms with E-state index in [1.54, 1.807) is 13.1 Å². The number of amides is 1. The highest BCUT2D eigenvalue weighted by atomic mass is 32.2. The van der Waals surface area contributed by atoms with Crippen LogP contribution in [0.4, 0.5) is 0 Å². The number of aromatic nitrogens is 1. The zero-order chi connectivity index (χ0) is 22.9. The van der Waals surface area contributed by atoms with Crippen molar-refractivity contribution in [2.45, 2.75) is 50.1 Å². The summed E-state index contributed by atoms with van der Waals surface area (Å²) in [5, 5.41) is 0. The van der Waals surface area contributed by atoms with E-state index in [1.165, 1.54) is 39.9 Å². The molecule has 1 aliphatic carbocycles. The molecule has 1 aliphatic rings. The van der Waals surface area contributed by atoms with Crippen LogP contribution in [-0.4, -0.2) is 36.3 Å². The molecule has 0 bridgehead atoms. The summed E-state index contributed by atoms with van der Waals surface area (Å²) in [6.07, 6.45) is 5.68. The van der Waals surface area contributed by atoms with Crippen molar-refractivity contribution in [3.8, 4) is 0 Å². The molecule has 0 saturated heterocycles. The fourth-order valence-electron chi connectivity index (χ4n) is 4.12. The Morgan fingerprint density at radius 1 is 1.22 bits per heavy atom. The van der Waals surface area contributed by atoms with Crippen molar-refractivity contribution >= 4 is 37.5 Å². The standard InChI is InChI=1S/C24H27N3O3S2/c1-4-15-27-21-14-9-17(2)16-22(21)31-24(27)25-23(28)18-10-12-20(13-11-18)32(29,30)26(3)19-7-5-6-8-19/h4,9-14,16,19H,1,5-8,15H2,2-3H3. The second-order valence-corrected chi connectivity index (χ2v) is 11.2. The van der Waals surface area contributed by atoms with Gasteiger partial charge in [-0.25, -0.2) is 8.42 Å². The lowest BCUT2D eigenvalue weighted by Crippen LogP contribution is -2.35. The first-order valence-electron chi connectivity index (χ1n) is 10.7. The third-order valence-corrected chi connectivity index (χ3v) is 8.93. The summed E-state index contributed by atoms with van der Waals surface area (Å²) in [4.78, 5) is 18.0. The van der Waals surface area contributed by atoms with Gasteiger partial charge in [-0.2, -0.15) is 9.30 Å². The lowest BCUT2D eigenvalue weighted by atomic mass is 10.2. The normalized spacial score (nSPS) is 15.7. The van der Waals surface area contributed by atoms with Crippen molar-refractivity contribution < 1.29 is 13.2 Å². The lowest BCUT2D eigenvalue weighted by molar-refractivity contribution is 0.0997. The van der Waals surface area contributed by atoms with E-state index < -0.39 is 15.9 Å². The molecule has 32 heavy (non-hydrogen) atoms. The van der Waals surface area contributed by atoms with E-state index in [9.17, 15) is 13.2 Å². The average Bonchev–Trinajstić information content (AvgIpc) is 3.42. The number of benzene rings is 2. The van der Waals surface area contributed by atoms with E-state index in [0.29, 0.717) is 16.9 Å². The molecule has 0 aliphatic heterocycles. The molecule has 8 heteroatoms. The van der Waals surface area contributed by atoms with Crippen molar-refractivity contribution in [2.24, 2.45) is 4.99 Å². The Balaban J connectivity index is 1.64. The van der Waals surface area contributed by atoms with Crippen molar-refractivity contribution in [1.82, 2.24) is 8.87 Å². The van der Waals surface area contributed by atoms with Crippen LogP contribution in [0.5, 0.6) is 0 Å². The summed E-state index contributed by atoms with van der Waals surface area (Å²) in [5.41, 5.74) is 2.50. The van der Waals surface area contributed by atoms with Gasteiger partial charge in [0, 0.05) is 25.2 Å². The highest BCUT2D eigenvalue weighted by Crippen LogP contribution is 2.27. The fraction of sp³-hybridized carbons (Fsp3) is 0.333. The van der Waals surface area contributed by atoms with Crippen LogP contribution in [0.15, 0.2) is 65.0 Å². The number of hydrogen-bond donors (Lipinski definition) is 0. The van der Waals surface area contributed by atoms with E-state index in [0.717, 1.165) is 41.5 Å². The van der Waals surface area contributed by atoms with Crippen LogP contribution in [0.2, 0.25) is 0 Å². The van der Waals surface area contributed by atoms with Gasteiger partial charge in [-0.3, -0.25) is 4.79 Å². The number of nitrogens with zero attached hydrogens (tertiary/aromatic N) is 3. The second-order valence-electron chi connectivity index (χ2n) is 8.16. The zero-order valence-electron chi connectivity index (χ0n) is 18.3. The third kappa shape index (κ3) is 4.35. The second kappa shape index (κ2) is 9.13. The molecule has 0 unspecified atom stereocenters. The molecule has 168 valence electrons. The first-order chi connectivity index (χ1) is 15.3. The van der Waals surface area contributed by atoms with Gasteiger partial charge in [-0.1, -0.05) is 36.3 Å². The fourth-order valence-corrected chi connectivity index (χ4v) is 6.67. The number of thiazole rings is 1. The number of hydrogen-bond acceptors (Lipinski definition) is 4. The van der Waals surface area contributed by atoms with Crippen LogP contribution in [0.1, 0.15) is 41.6 Å². The molecule has 1 saturated carbocycles. The largest absolute Gasteiger partial charge is 0.312 e. The molecular formula is C24H27N3O3S2. The van der Waals surface area contributed by atoms with Crippen molar-refractivity contribution in [1.29, 1.82) is 0 Å². The summed E-state index contributed by atoms with van der Waals surface area (Å²) in [6.45, 7) is 6.38. The number of allylic oxidation sites excluding steroid dienone is 1. The van der Waals surface area contributed by atoms with E-state index in [2.05, 4.69) is 17.6 Å². The first-order valence-corrected chi connectivity index (χ1v) is 12.9. The predicted molar refractivity (Wildman–Crippen MR) is 128 cm³/mol. The quantitative estimate of drug-likeness (QED) is 0.499. The maximum atomic E-state index is 12.9. The Bertz CT molecular complexity index is 1330. The topological polar surface area (TPSA) is 71.7 Å². The van der Waals surface area contributed by atoms with Gasteiger partial charge in [-0.15, -0.1) is 6.58 Å². The number of aryl methyl sites for hydroxylation is 1. The smallest absolute Gasteiger partial charge is 0.279 e. The SMILES string of the molecule is C=CCn1c(=NC(=O)c2ccc(S(=O)(=O)N(C)C3CCCC3)cc2)sc2cc(C)ccc21. The molecule has 0 N–H and O–H groups in total. The lowest BCUT2D eigenvalue weighted by Gasteiger charge is -2.23. The molecular weight excluding hydrogens is 442 g/mol. The monoisotopic (exact) mass is 469 g/mol. The Hall–Kier alpha value is -2.55. The summed E-state index contributed by atoms with van der Waals surface area (Å²) in [5.74, 6) is -0.404. The highest BCUT2D eigenvalue weighted by Gasteiger charge is 2.30. The minimum absolute atomic E-state index is 0.0493.